The Morgan fingerprint density at radius 3 is 2.73 bits per heavy atom. The topological polar surface area (TPSA) is 58.6 Å². The minimum atomic E-state index is -0.479. The van der Waals surface area contributed by atoms with Crippen molar-refractivity contribution in [1.29, 1.82) is 0 Å². The minimum Gasteiger partial charge on any atom is -0.444 e. The van der Waals surface area contributed by atoms with Crippen LogP contribution in [0.2, 0.25) is 0 Å². The van der Waals surface area contributed by atoms with Crippen molar-refractivity contribution in [1.82, 2.24) is 5.32 Å². The molecule has 86 valence electrons. The van der Waals surface area contributed by atoms with Gasteiger partial charge in [0, 0.05) is 6.04 Å². The number of amides is 1. The van der Waals surface area contributed by atoms with Crippen molar-refractivity contribution in [3.05, 3.63) is 12.2 Å². The van der Waals surface area contributed by atoms with E-state index in [1.54, 1.807) is 6.08 Å². The summed E-state index contributed by atoms with van der Waals surface area (Å²) in [5.41, 5.74) is -0.479. The highest BCUT2D eigenvalue weighted by Gasteiger charge is 2.21. The first-order valence-electron chi connectivity index (χ1n) is 5.21. The lowest BCUT2D eigenvalue weighted by atomic mass is 10.00. The normalized spacial score (nSPS) is 26.1. The van der Waals surface area contributed by atoms with E-state index in [4.69, 9.17) is 4.74 Å². The Bertz CT molecular complexity index is 255. The first kappa shape index (κ1) is 12.0. The third kappa shape index (κ3) is 4.83. The third-order valence-corrected chi connectivity index (χ3v) is 2.03. The number of hydrogen-bond acceptors (Lipinski definition) is 3. The van der Waals surface area contributed by atoms with Crippen LogP contribution in [0.15, 0.2) is 12.2 Å². The summed E-state index contributed by atoms with van der Waals surface area (Å²) in [5.74, 6) is 0. The Hall–Kier alpha value is -1.03. The quantitative estimate of drug-likeness (QED) is 0.650. The van der Waals surface area contributed by atoms with Crippen molar-refractivity contribution >= 4 is 6.09 Å². The van der Waals surface area contributed by atoms with E-state index in [2.05, 4.69) is 5.32 Å². The summed E-state index contributed by atoms with van der Waals surface area (Å²) in [6.45, 7) is 5.46. The van der Waals surface area contributed by atoms with Gasteiger partial charge in [0.1, 0.15) is 5.60 Å². The van der Waals surface area contributed by atoms with Crippen molar-refractivity contribution in [2.24, 2.45) is 0 Å². The Labute approximate surface area is 90.3 Å². The van der Waals surface area contributed by atoms with Crippen LogP contribution in [-0.2, 0) is 4.74 Å². The van der Waals surface area contributed by atoms with E-state index in [1.165, 1.54) is 0 Å². The first-order chi connectivity index (χ1) is 6.87. The molecular weight excluding hydrogens is 194 g/mol. The second-order valence-electron chi connectivity index (χ2n) is 4.81. The molecule has 1 aliphatic rings. The van der Waals surface area contributed by atoms with Gasteiger partial charge in [0.15, 0.2) is 0 Å². The fourth-order valence-electron chi connectivity index (χ4n) is 1.46. The molecule has 0 fully saturated rings. The maximum absolute atomic E-state index is 11.4. The number of alkyl carbamates (subject to hydrolysis) is 1. The van der Waals surface area contributed by atoms with Gasteiger partial charge in [0.05, 0.1) is 6.10 Å². The average molecular weight is 213 g/mol. The number of carbonyl (C=O) groups excluding carboxylic acids is 1. The van der Waals surface area contributed by atoms with Crippen LogP contribution < -0.4 is 5.32 Å². The minimum absolute atomic E-state index is 0.0279. The van der Waals surface area contributed by atoms with Crippen LogP contribution in [0.4, 0.5) is 4.79 Å². The summed E-state index contributed by atoms with van der Waals surface area (Å²) in [7, 11) is 0. The van der Waals surface area contributed by atoms with Gasteiger partial charge in [-0.3, -0.25) is 0 Å². The Balaban J connectivity index is 2.36. The van der Waals surface area contributed by atoms with Crippen molar-refractivity contribution in [2.45, 2.75) is 51.4 Å². The second kappa shape index (κ2) is 4.66. The Morgan fingerprint density at radius 2 is 2.20 bits per heavy atom. The largest absolute Gasteiger partial charge is 0.444 e. The number of rotatable bonds is 1. The Kier molecular flexibility index (Phi) is 3.74. The van der Waals surface area contributed by atoms with E-state index in [0.717, 1.165) is 6.42 Å². The molecule has 4 nitrogen and oxygen atoms in total. The molecule has 0 saturated carbocycles. The molecule has 1 aliphatic carbocycles. The molecule has 1 amide bonds. The monoisotopic (exact) mass is 213 g/mol. The van der Waals surface area contributed by atoms with E-state index in [0.29, 0.717) is 6.42 Å². The predicted octanol–water partition coefficient (Wildman–Crippen LogP) is 1.59. The molecular formula is C11H19NO3. The van der Waals surface area contributed by atoms with E-state index in [-0.39, 0.29) is 6.04 Å². The molecule has 0 heterocycles. The second-order valence-corrected chi connectivity index (χ2v) is 4.81. The van der Waals surface area contributed by atoms with Gasteiger partial charge in [-0.2, -0.15) is 0 Å². The molecule has 0 saturated heterocycles. The number of hydrogen-bond donors (Lipinski definition) is 2. The zero-order chi connectivity index (χ0) is 11.5. The number of ether oxygens (including phenoxy) is 1. The van der Waals surface area contributed by atoms with Crippen molar-refractivity contribution in [3.63, 3.8) is 0 Å². The molecule has 0 radical (unpaired) electrons. The van der Waals surface area contributed by atoms with Crippen LogP contribution in [0.1, 0.15) is 33.6 Å². The fraction of sp³-hybridized carbons (Fsp3) is 0.727. The molecule has 0 bridgehead atoms. The van der Waals surface area contributed by atoms with Crippen LogP contribution >= 0.6 is 0 Å². The number of nitrogens with one attached hydrogen (secondary N) is 1. The van der Waals surface area contributed by atoms with Gasteiger partial charge in [-0.25, -0.2) is 4.79 Å². The maximum atomic E-state index is 11.4. The van der Waals surface area contributed by atoms with Crippen LogP contribution in [0.5, 0.6) is 0 Å². The Morgan fingerprint density at radius 1 is 1.53 bits per heavy atom. The molecule has 15 heavy (non-hydrogen) atoms. The van der Waals surface area contributed by atoms with Crippen LogP contribution in [0.3, 0.4) is 0 Å². The van der Waals surface area contributed by atoms with Gasteiger partial charge in [-0.15, -0.1) is 0 Å². The maximum Gasteiger partial charge on any atom is 0.407 e. The summed E-state index contributed by atoms with van der Waals surface area (Å²) in [6.07, 6.45) is 4.03. The first-order valence-corrected chi connectivity index (χ1v) is 5.21. The molecule has 0 unspecified atom stereocenters. The summed E-state index contributed by atoms with van der Waals surface area (Å²) >= 11 is 0. The van der Waals surface area contributed by atoms with Crippen molar-refractivity contribution in [2.75, 3.05) is 0 Å². The fourth-order valence-corrected chi connectivity index (χ4v) is 1.46. The lowest BCUT2D eigenvalue weighted by Gasteiger charge is -2.25. The highest BCUT2D eigenvalue weighted by atomic mass is 16.6. The molecule has 0 aromatic carbocycles. The summed E-state index contributed by atoms with van der Waals surface area (Å²) in [5, 5.41) is 12.1. The van der Waals surface area contributed by atoms with Gasteiger partial charge in [-0.1, -0.05) is 12.2 Å². The summed E-state index contributed by atoms with van der Waals surface area (Å²) < 4.78 is 5.12. The highest BCUT2D eigenvalue weighted by molar-refractivity contribution is 5.68. The number of carbonyl (C=O) groups is 1. The summed E-state index contributed by atoms with van der Waals surface area (Å²) in [4.78, 5) is 11.4. The van der Waals surface area contributed by atoms with E-state index >= 15 is 0 Å². The van der Waals surface area contributed by atoms with Crippen LogP contribution in [-0.4, -0.2) is 28.9 Å². The SMILES string of the molecule is CC(C)(C)OC(=O)N[C@H]1CC=C[C@@H](O)C1. The zero-order valence-electron chi connectivity index (χ0n) is 9.49. The molecule has 4 heteroatoms. The van der Waals surface area contributed by atoms with Crippen LogP contribution in [0, 0.1) is 0 Å². The lowest BCUT2D eigenvalue weighted by molar-refractivity contribution is 0.0488. The molecule has 0 spiro atoms. The van der Waals surface area contributed by atoms with Crippen molar-refractivity contribution in [3.8, 4) is 0 Å². The molecule has 1 rings (SSSR count). The number of aliphatic hydroxyl groups excluding tert-OH is 1. The van der Waals surface area contributed by atoms with Gasteiger partial charge in [0.2, 0.25) is 0 Å². The molecule has 0 aromatic heterocycles. The smallest absolute Gasteiger partial charge is 0.407 e. The molecule has 2 N–H and O–H groups in total. The highest BCUT2D eigenvalue weighted by Crippen LogP contribution is 2.13. The van der Waals surface area contributed by atoms with E-state index in [1.807, 2.05) is 26.8 Å². The number of aliphatic hydroxyl groups is 1. The average Bonchev–Trinajstić information content (AvgIpc) is 1.99. The zero-order valence-corrected chi connectivity index (χ0v) is 9.49. The van der Waals surface area contributed by atoms with Gasteiger partial charge >= 0.3 is 6.09 Å². The van der Waals surface area contributed by atoms with Crippen LogP contribution in [0.25, 0.3) is 0 Å². The standard InChI is InChI=1S/C11H19NO3/c1-11(2,3)15-10(14)12-8-5-4-6-9(13)7-8/h4,6,8-9,13H,5,7H2,1-3H3,(H,12,14)/t8-,9+/m0/s1. The molecule has 0 aliphatic heterocycles. The third-order valence-electron chi connectivity index (χ3n) is 2.03. The van der Waals surface area contributed by atoms with Gasteiger partial charge in [-0.05, 0) is 33.6 Å². The predicted molar refractivity (Wildman–Crippen MR) is 57.5 cm³/mol. The van der Waals surface area contributed by atoms with Gasteiger partial charge < -0.3 is 15.2 Å². The summed E-state index contributed by atoms with van der Waals surface area (Å²) in [6, 6.07) is -0.0279. The van der Waals surface area contributed by atoms with Crippen molar-refractivity contribution < 1.29 is 14.6 Å². The van der Waals surface area contributed by atoms with Gasteiger partial charge in [0.25, 0.3) is 0 Å². The lowest BCUT2D eigenvalue weighted by Crippen LogP contribution is -2.41. The molecule has 2 atom stereocenters. The van der Waals surface area contributed by atoms with E-state index in [9.17, 15) is 9.90 Å². The molecule has 0 aromatic rings. The van der Waals surface area contributed by atoms with E-state index < -0.39 is 17.8 Å².